The van der Waals surface area contributed by atoms with Crippen molar-refractivity contribution in [2.24, 2.45) is 11.7 Å². The second kappa shape index (κ2) is 4.75. The highest BCUT2D eigenvalue weighted by atomic mass is 32.1. The van der Waals surface area contributed by atoms with Gasteiger partial charge in [0.2, 0.25) is 11.0 Å². The van der Waals surface area contributed by atoms with Crippen molar-refractivity contribution in [3.8, 4) is 0 Å². The van der Waals surface area contributed by atoms with Crippen LogP contribution in [0.25, 0.3) is 0 Å². The number of aromatic nitrogens is 2. The third kappa shape index (κ3) is 2.67. The molecule has 1 aliphatic rings. The Bertz CT molecular complexity index is 372. The molecule has 6 nitrogen and oxygen atoms in total. The van der Waals surface area contributed by atoms with Gasteiger partial charge in [-0.3, -0.25) is 9.69 Å². The van der Waals surface area contributed by atoms with Crippen molar-refractivity contribution in [2.45, 2.75) is 19.4 Å². The molecule has 1 aliphatic heterocycles. The average molecular weight is 241 g/mol. The Balaban J connectivity index is 1.83. The third-order valence-corrected chi connectivity index (χ3v) is 3.57. The number of likely N-dealkylation sites (tertiary alicyclic amines) is 1. The molecule has 4 N–H and O–H groups in total. The highest BCUT2D eigenvalue weighted by Crippen LogP contribution is 2.20. The predicted octanol–water partition coefficient (Wildman–Crippen LogP) is -0.182. The zero-order chi connectivity index (χ0) is 11.5. The summed E-state index contributed by atoms with van der Waals surface area (Å²) in [6, 6.07) is 0. The minimum atomic E-state index is -0.181. The summed E-state index contributed by atoms with van der Waals surface area (Å²) in [6.45, 7) is 2.53. The molecule has 88 valence electrons. The summed E-state index contributed by atoms with van der Waals surface area (Å²) in [4.78, 5) is 13.2. The predicted molar refractivity (Wildman–Crippen MR) is 61.5 cm³/mol. The molecule has 0 saturated carbocycles. The van der Waals surface area contributed by atoms with Gasteiger partial charge in [0.15, 0.2) is 0 Å². The molecule has 1 fully saturated rings. The summed E-state index contributed by atoms with van der Waals surface area (Å²) in [7, 11) is 0. The molecule has 1 aromatic rings. The van der Waals surface area contributed by atoms with Crippen LogP contribution in [0.15, 0.2) is 0 Å². The van der Waals surface area contributed by atoms with Crippen molar-refractivity contribution in [3.63, 3.8) is 0 Å². The Labute approximate surface area is 97.6 Å². The van der Waals surface area contributed by atoms with Crippen LogP contribution in [-0.4, -0.2) is 34.1 Å². The van der Waals surface area contributed by atoms with Crippen LogP contribution in [0.5, 0.6) is 0 Å². The monoisotopic (exact) mass is 241 g/mol. The first-order valence-corrected chi connectivity index (χ1v) is 6.06. The third-order valence-electron chi connectivity index (χ3n) is 2.83. The molecular formula is C9H15N5OS. The molecule has 2 heterocycles. The van der Waals surface area contributed by atoms with Gasteiger partial charge in [-0.1, -0.05) is 11.3 Å². The Kier molecular flexibility index (Phi) is 3.35. The van der Waals surface area contributed by atoms with Gasteiger partial charge < -0.3 is 11.5 Å². The van der Waals surface area contributed by atoms with Gasteiger partial charge in [0.25, 0.3) is 0 Å². The Morgan fingerprint density at radius 2 is 2.12 bits per heavy atom. The van der Waals surface area contributed by atoms with Crippen LogP contribution in [0, 0.1) is 5.92 Å². The molecule has 16 heavy (non-hydrogen) atoms. The molecule has 0 spiro atoms. The van der Waals surface area contributed by atoms with E-state index in [4.69, 9.17) is 11.5 Å². The summed E-state index contributed by atoms with van der Waals surface area (Å²) in [6.07, 6.45) is 1.67. The fraction of sp³-hybridized carbons (Fsp3) is 0.667. The van der Waals surface area contributed by atoms with Gasteiger partial charge in [0, 0.05) is 5.92 Å². The number of rotatable bonds is 3. The number of amides is 1. The van der Waals surface area contributed by atoms with Crippen LogP contribution in [0.4, 0.5) is 5.13 Å². The highest BCUT2D eigenvalue weighted by molar-refractivity contribution is 7.15. The van der Waals surface area contributed by atoms with Gasteiger partial charge in [-0.15, -0.1) is 10.2 Å². The van der Waals surface area contributed by atoms with Gasteiger partial charge in [-0.25, -0.2) is 0 Å². The van der Waals surface area contributed by atoms with Gasteiger partial charge in [0.05, 0.1) is 6.54 Å². The number of primary amides is 1. The van der Waals surface area contributed by atoms with Crippen LogP contribution < -0.4 is 11.5 Å². The first-order chi connectivity index (χ1) is 7.65. The van der Waals surface area contributed by atoms with Gasteiger partial charge in [-0.2, -0.15) is 0 Å². The van der Waals surface area contributed by atoms with Crippen molar-refractivity contribution in [2.75, 3.05) is 18.8 Å². The molecule has 0 atom stereocenters. The number of nitrogens with two attached hydrogens (primary N) is 2. The van der Waals surface area contributed by atoms with Gasteiger partial charge >= 0.3 is 0 Å². The zero-order valence-electron chi connectivity index (χ0n) is 8.93. The van der Waals surface area contributed by atoms with E-state index in [1.807, 2.05) is 0 Å². The number of hydrogen-bond acceptors (Lipinski definition) is 6. The minimum absolute atomic E-state index is 0.0377. The lowest BCUT2D eigenvalue weighted by molar-refractivity contribution is -0.123. The van der Waals surface area contributed by atoms with Crippen LogP contribution in [0.3, 0.4) is 0 Å². The number of anilines is 1. The number of piperidine rings is 1. The van der Waals surface area contributed by atoms with E-state index in [-0.39, 0.29) is 11.8 Å². The van der Waals surface area contributed by atoms with Gasteiger partial charge in [-0.05, 0) is 25.9 Å². The number of nitrogen functional groups attached to an aromatic ring is 1. The first kappa shape index (κ1) is 11.3. The summed E-state index contributed by atoms with van der Waals surface area (Å²) >= 11 is 1.41. The van der Waals surface area contributed by atoms with E-state index in [0.29, 0.717) is 5.13 Å². The second-order valence-corrected chi connectivity index (χ2v) is 5.08. The van der Waals surface area contributed by atoms with Crippen molar-refractivity contribution < 1.29 is 4.79 Å². The number of carbonyl (C=O) groups excluding carboxylic acids is 1. The van der Waals surface area contributed by atoms with Crippen molar-refractivity contribution in [1.82, 2.24) is 15.1 Å². The molecule has 0 aromatic carbocycles. The fourth-order valence-corrected chi connectivity index (χ4v) is 2.55. The Hall–Kier alpha value is -1.21. The quantitative estimate of drug-likeness (QED) is 0.764. The second-order valence-electron chi connectivity index (χ2n) is 3.99. The van der Waals surface area contributed by atoms with E-state index in [2.05, 4.69) is 15.1 Å². The standard InChI is InChI=1S/C9H15N5OS/c10-8(15)6-1-3-14(4-2-6)5-7-12-13-9(11)16-7/h6H,1-5H2,(H2,10,15)(H2,11,13). The van der Waals surface area contributed by atoms with E-state index in [0.717, 1.165) is 37.5 Å². The van der Waals surface area contributed by atoms with Crippen molar-refractivity contribution >= 4 is 22.4 Å². The van der Waals surface area contributed by atoms with Crippen LogP contribution in [0.2, 0.25) is 0 Å². The van der Waals surface area contributed by atoms with Gasteiger partial charge in [0.1, 0.15) is 5.01 Å². The summed E-state index contributed by atoms with van der Waals surface area (Å²) < 4.78 is 0. The zero-order valence-corrected chi connectivity index (χ0v) is 9.74. The molecule has 1 aromatic heterocycles. The topological polar surface area (TPSA) is 98.1 Å². The maximum atomic E-state index is 11.0. The van der Waals surface area contributed by atoms with E-state index in [1.54, 1.807) is 0 Å². The largest absolute Gasteiger partial charge is 0.374 e. The minimum Gasteiger partial charge on any atom is -0.374 e. The molecule has 0 bridgehead atoms. The Morgan fingerprint density at radius 1 is 1.44 bits per heavy atom. The van der Waals surface area contributed by atoms with E-state index < -0.39 is 0 Å². The normalized spacial score (nSPS) is 18.8. The smallest absolute Gasteiger partial charge is 0.220 e. The molecule has 0 unspecified atom stereocenters. The lowest BCUT2D eigenvalue weighted by Crippen LogP contribution is -2.38. The maximum absolute atomic E-state index is 11.0. The van der Waals surface area contributed by atoms with Crippen LogP contribution >= 0.6 is 11.3 Å². The van der Waals surface area contributed by atoms with E-state index in [9.17, 15) is 4.79 Å². The fourth-order valence-electron chi connectivity index (χ4n) is 1.90. The van der Waals surface area contributed by atoms with Crippen molar-refractivity contribution in [1.29, 1.82) is 0 Å². The number of nitrogens with zero attached hydrogens (tertiary/aromatic N) is 3. The average Bonchev–Trinajstić information content (AvgIpc) is 2.65. The lowest BCUT2D eigenvalue weighted by atomic mass is 9.96. The van der Waals surface area contributed by atoms with Crippen molar-refractivity contribution in [3.05, 3.63) is 5.01 Å². The Morgan fingerprint density at radius 3 is 2.62 bits per heavy atom. The molecule has 7 heteroatoms. The molecule has 1 saturated heterocycles. The molecular weight excluding hydrogens is 226 g/mol. The SMILES string of the molecule is NC(=O)C1CCN(Cc2nnc(N)s2)CC1. The molecule has 2 rings (SSSR count). The molecule has 0 radical (unpaired) electrons. The highest BCUT2D eigenvalue weighted by Gasteiger charge is 2.23. The maximum Gasteiger partial charge on any atom is 0.220 e. The first-order valence-electron chi connectivity index (χ1n) is 5.24. The summed E-state index contributed by atoms with van der Waals surface area (Å²) in [5, 5.41) is 9.17. The van der Waals surface area contributed by atoms with E-state index in [1.165, 1.54) is 11.3 Å². The number of carbonyl (C=O) groups is 1. The number of hydrogen-bond donors (Lipinski definition) is 2. The summed E-state index contributed by atoms with van der Waals surface area (Å²) in [5.74, 6) is -0.143. The summed E-state index contributed by atoms with van der Waals surface area (Å²) in [5.41, 5.74) is 10.8. The lowest BCUT2D eigenvalue weighted by Gasteiger charge is -2.29. The van der Waals surface area contributed by atoms with Crippen LogP contribution in [0.1, 0.15) is 17.8 Å². The van der Waals surface area contributed by atoms with Crippen LogP contribution in [-0.2, 0) is 11.3 Å². The molecule has 0 aliphatic carbocycles. The van der Waals surface area contributed by atoms with E-state index >= 15 is 0 Å². The molecule has 1 amide bonds.